The predicted molar refractivity (Wildman–Crippen MR) is 75.8 cm³/mol. The molecular weight excluding hydrogens is 260 g/mol. The highest BCUT2D eigenvalue weighted by atomic mass is 32.1. The van der Waals surface area contributed by atoms with Gasteiger partial charge in [0.25, 0.3) is 0 Å². The number of rotatable bonds is 5. The lowest BCUT2D eigenvalue weighted by atomic mass is 10.2. The minimum Gasteiger partial charge on any atom is -0.465 e. The molecule has 0 bridgehead atoms. The van der Waals surface area contributed by atoms with Gasteiger partial charge in [0.15, 0.2) is 0 Å². The van der Waals surface area contributed by atoms with E-state index in [1.54, 1.807) is 35.8 Å². The van der Waals surface area contributed by atoms with Crippen molar-refractivity contribution in [3.05, 3.63) is 46.3 Å². The summed E-state index contributed by atoms with van der Waals surface area (Å²) < 4.78 is 5.13. The van der Waals surface area contributed by atoms with E-state index >= 15 is 0 Å². The van der Waals surface area contributed by atoms with Crippen LogP contribution in [0.2, 0.25) is 0 Å². The number of amides is 1. The topological polar surface area (TPSA) is 55.1 Å². The number of thiazole rings is 1. The molecule has 4 nitrogen and oxygen atoms in total. The van der Waals surface area contributed by atoms with Gasteiger partial charge >= 0.3 is 0 Å². The molecule has 0 unspecified atom stereocenters. The van der Waals surface area contributed by atoms with E-state index in [0.29, 0.717) is 5.76 Å². The van der Waals surface area contributed by atoms with E-state index in [0.717, 1.165) is 17.1 Å². The molecular formula is C14H16N2O2S. The Balaban J connectivity index is 1.97. The lowest BCUT2D eigenvalue weighted by Gasteiger charge is -2.12. The molecule has 0 spiro atoms. The van der Waals surface area contributed by atoms with E-state index in [9.17, 15) is 4.79 Å². The minimum absolute atomic E-state index is 0.0348. The summed E-state index contributed by atoms with van der Waals surface area (Å²) >= 11 is 1.57. The summed E-state index contributed by atoms with van der Waals surface area (Å²) in [6.45, 7) is 3.98. The van der Waals surface area contributed by atoms with Crippen molar-refractivity contribution in [1.82, 2.24) is 10.3 Å². The molecule has 0 aliphatic heterocycles. The fraction of sp³-hybridized carbons (Fsp3) is 0.286. The molecule has 0 saturated carbocycles. The third-order valence-electron chi connectivity index (χ3n) is 2.60. The number of aryl methyl sites for hydroxylation is 1. The largest absolute Gasteiger partial charge is 0.465 e. The summed E-state index contributed by atoms with van der Waals surface area (Å²) in [6, 6.07) is 3.54. The second kappa shape index (κ2) is 6.33. The van der Waals surface area contributed by atoms with Crippen molar-refractivity contribution in [2.75, 3.05) is 0 Å². The second-order valence-corrected chi connectivity index (χ2v) is 5.03. The van der Waals surface area contributed by atoms with Crippen LogP contribution in [-0.4, -0.2) is 10.9 Å². The zero-order valence-corrected chi connectivity index (χ0v) is 11.7. The molecule has 2 aromatic rings. The van der Waals surface area contributed by atoms with Crippen molar-refractivity contribution >= 4 is 23.3 Å². The summed E-state index contributed by atoms with van der Waals surface area (Å²) in [5, 5.41) is 5.87. The molecule has 0 aliphatic carbocycles. The molecule has 0 aromatic carbocycles. The number of furan rings is 1. The molecule has 2 rings (SSSR count). The van der Waals surface area contributed by atoms with E-state index in [4.69, 9.17) is 4.42 Å². The number of carbonyl (C=O) groups is 1. The van der Waals surface area contributed by atoms with Crippen LogP contribution in [0.5, 0.6) is 0 Å². The van der Waals surface area contributed by atoms with Crippen LogP contribution in [0.15, 0.2) is 34.3 Å². The molecule has 0 radical (unpaired) electrons. The molecule has 1 atom stereocenters. The summed E-state index contributed by atoms with van der Waals surface area (Å²) in [4.78, 5) is 16.2. The Labute approximate surface area is 116 Å². The van der Waals surface area contributed by atoms with Gasteiger partial charge in [0.05, 0.1) is 12.3 Å². The van der Waals surface area contributed by atoms with Gasteiger partial charge in [0.2, 0.25) is 5.91 Å². The van der Waals surface area contributed by atoms with Crippen molar-refractivity contribution < 1.29 is 9.21 Å². The van der Waals surface area contributed by atoms with Gasteiger partial charge in [-0.05, 0) is 31.6 Å². The van der Waals surface area contributed by atoms with Gasteiger partial charge in [0.1, 0.15) is 10.8 Å². The Bertz CT molecular complexity index is 558. The highest BCUT2D eigenvalue weighted by molar-refractivity contribution is 7.09. The van der Waals surface area contributed by atoms with Gasteiger partial charge in [-0.15, -0.1) is 11.3 Å². The van der Waals surface area contributed by atoms with E-state index in [1.807, 2.05) is 19.2 Å². The van der Waals surface area contributed by atoms with Gasteiger partial charge in [0, 0.05) is 17.2 Å². The molecule has 2 heterocycles. The van der Waals surface area contributed by atoms with Gasteiger partial charge in [-0.2, -0.15) is 0 Å². The monoisotopic (exact) mass is 276 g/mol. The Morgan fingerprint density at radius 2 is 2.47 bits per heavy atom. The number of nitrogens with one attached hydrogen (secondary N) is 1. The Hall–Kier alpha value is -1.88. The van der Waals surface area contributed by atoms with Crippen LogP contribution in [0, 0.1) is 6.92 Å². The average Bonchev–Trinajstić information content (AvgIpc) is 3.04. The van der Waals surface area contributed by atoms with Gasteiger partial charge in [-0.25, -0.2) is 4.98 Å². The summed E-state index contributed by atoms with van der Waals surface area (Å²) in [7, 11) is 0. The summed E-state index contributed by atoms with van der Waals surface area (Å²) in [5.41, 5.74) is 0.985. The zero-order valence-electron chi connectivity index (χ0n) is 10.9. The van der Waals surface area contributed by atoms with Crippen LogP contribution in [0.4, 0.5) is 0 Å². The first-order chi connectivity index (χ1) is 9.19. The first-order valence-corrected chi connectivity index (χ1v) is 7.01. The maximum absolute atomic E-state index is 11.8. The Kier molecular flexibility index (Phi) is 4.52. The maximum Gasteiger partial charge on any atom is 0.244 e. The van der Waals surface area contributed by atoms with Crippen molar-refractivity contribution in [3.63, 3.8) is 0 Å². The van der Waals surface area contributed by atoms with Crippen LogP contribution in [0.3, 0.4) is 0 Å². The van der Waals surface area contributed by atoms with Crippen molar-refractivity contribution in [2.24, 2.45) is 0 Å². The molecule has 19 heavy (non-hydrogen) atoms. The molecule has 1 amide bonds. The smallest absolute Gasteiger partial charge is 0.244 e. The van der Waals surface area contributed by atoms with Crippen LogP contribution in [0.1, 0.15) is 35.8 Å². The lowest BCUT2D eigenvalue weighted by Crippen LogP contribution is -2.26. The van der Waals surface area contributed by atoms with Crippen LogP contribution >= 0.6 is 11.3 Å². The van der Waals surface area contributed by atoms with Gasteiger partial charge < -0.3 is 9.73 Å². The maximum atomic E-state index is 11.8. The SMILES string of the molecule is CC[C@H](NC(=O)/C=C\c1ccco1)c1nc(C)cs1. The fourth-order valence-electron chi connectivity index (χ4n) is 1.63. The number of carbonyl (C=O) groups excluding carboxylic acids is 1. The summed E-state index contributed by atoms with van der Waals surface area (Å²) in [5.74, 6) is 0.518. The number of aromatic nitrogens is 1. The molecule has 0 aliphatic rings. The van der Waals surface area contributed by atoms with Crippen LogP contribution in [-0.2, 0) is 4.79 Å². The third-order valence-corrected chi connectivity index (χ3v) is 3.68. The van der Waals surface area contributed by atoms with Crippen molar-refractivity contribution in [3.8, 4) is 0 Å². The first-order valence-electron chi connectivity index (χ1n) is 6.13. The zero-order chi connectivity index (χ0) is 13.7. The standard InChI is InChI=1S/C14H16N2O2S/c1-3-12(14-15-10(2)9-19-14)16-13(17)7-6-11-5-4-8-18-11/h4-9,12H,3H2,1-2H3,(H,16,17)/b7-6-/t12-/m0/s1. The second-order valence-electron chi connectivity index (χ2n) is 4.15. The van der Waals surface area contributed by atoms with Crippen LogP contribution < -0.4 is 5.32 Å². The number of nitrogens with zero attached hydrogens (tertiary/aromatic N) is 1. The van der Waals surface area contributed by atoms with E-state index < -0.39 is 0 Å². The fourth-order valence-corrected chi connectivity index (χ4v) is 2.56. The normalized spacial score (nSPS) is 12.7. The van der Waals surface area contributed by atoms with E-state index in [1.165, 1.54) is 6.08 Å². The number of hydrogen-bond acceptors (Lipinski definition) is 4. The lowest BCUT2D eigenvalue weighted by molar-refractivity contribution is -0.117. The van der Waals surface area contributed by atoms with Crippen LogP contribution in [0.25, 0.3) is 6.08 Å². The van der Waals surface area contributed by atoms with E-state index in [2.05, 4.69) is 10.3 Å². The number of hydrogen-bond donors (Lipinski definition) is 1. The average molecular weight is 276 g/mol. The van der Waals surface area contributed by atoms with Gasteiger partial charge in [-0.3, -0.25) is 4.79 Å². The molecule has 5 heteroatoms. The van der Waals surface area contributed by atoms with Crippen molar-refractivity contribution in [1.29, 1.82) is 0 Å². The molecule has 100 valence electrons. The minimum atomic E-state index is -0.142. The molecule has 1 N–H and O–H groups in total. The Morgan fingerprint density at radius 3 is 3.05 bits per heavy atom. The van der Waals surface area contributed by atoms with Gasteiger partial charge in [-0.1, -0.05) is 6.92 Å². The molecule has 2 aromatic heterocycles. The first kappa shape index (κ1) is 13.5. The summed E-state index contributed by atoms with van der Waals surface area (Å²) in [6.07, 6.45) is 5.51. The highest BCUT2D eigenvalue weighted by Crippen LogP contribution is 2.20. The Morgan fingerprint density at radius 1 is 1.63 bits per heavy atom. The van der Waals surface area contributed by atoms with E-state index in [-0.39, 0.29) is 11.9 Å². The van der Waals surface area contributed by atoms with Crippen molar-refractivity contribution in [2.45, 2.75) is 26.3 Å². The highest BCUT2D eigenvalue weighted by Gasteiger charge is 2.14. The third kappa shape index (κ3) is 3.79. The predicted octanol–water partition coefficient (Wildman–Crippen LogP) is 3.33. The quantitative estimate of drug-likeness (QED) is 0.852. The molecule has 0 saturated heterocycles. The molecule has 0 fully saturated rings.